The van der Waals surface area contributed by atoms with Gasteiger partial charge < -0.3 is 19.7 Å². The molecule has 2 amide bonds. The summed E-state index contributed by atoms with van der Waals surface area (Å²) in [5.74, 6) is -3.68. The average molecular weight is 308 g/mol. The van der Waals surface area contributed by atoms with E-state index in [1.54, 1.807) is 0 Å². The van der Waals surface area contributed by atoms with Crippen LogP contribution in [0.2, 0.25) is 0 Å². The molecule has 1 rings (SSSR count). The van der Waals surface area contributed by atoms with Gasteiger partial charge >= 0.3 is 12.1 Å². The zero-order valence-electron chi connectivity index (χ0n) is 10.5. The fourth-order valence-electron chi connectivity index (χ4n) is 1.37. The number of furan rings is 1. The van der Waals surface area contributed by atoms with Crippen LogP contribution < -0.4 is 5.32 Å². The Kier molecular flexibility index (Phi) is 5.33. The fraction of sp³-hybridized carbons (Fsp3) is 0.364. The Morgan fingerprint density at radius 3 is 2.48 bits per heavy atom. The normalized spacial score (nSPS) is 11.0. The highest BCUT2D eigenvalue weighted by atomic mass is 19.4. The van der Waals surface area contributed by atoms with Crippen molar-refractivity contribution in [3.05, 3.63) is 24.2 Å². The number of carboxylic acids is 1. The second-order valence-electron chi connectivity index (χ2n) is 3.92. The number of amides is 2. The zero-order valence-corrected chi connectivity index (χ0v) is 10.5. The van der Waals surface area contributed by atoms with E-state index in [2.05, 4.69) is 0 Å². The molecule has 7 nitrogen and oxygen atoms in total. The molecule has 0 aliphatic heterocycles. The minimum absolute atomic E-state index is 0.0880. The summed E-state index contributed by atoms with van der Waals surface area (Å²) in [4.78, 5) is 33.5. The third kappa shape index (κ3) is 5.97. The van der Waals surface area contributed by atoms with E-state index in [0.29, 0.717) is 0 Å². The minimum atomic E-state index is -4.74. The van der Waals surface area contributed by atoms with Gasteiger partial charge in [-0.3, -0.25) is 14.4 Å². The number of carboxylic acid groups (broad SMARTS) is 1. The maximum absolute atomic E-state index is 12.2. The van der Waals surface area contributed by atoms with Gasteiger partial charge in [0.1, 0.15) is 13.1 Å². The molecule has 2 N–H and O–H groups in total. The van der Waals surface area contributed by atoms with E-state index in [-0.39, 0.29) is 10.7 Å². The van der Waals surface area contributed by atoms with Crippen LogP contribution in [0, 0.1) is 0 Å². The lowest BCUT2D eigenvalue weighted by Gasteiger charge is -2.22. The number of halogens is 3. The molecule has 0 fully saturated rings. The molecule has 0 aliphatic rings. The summed E-state index contributed by atoms with van der Waals surface area (Å²) in [5, 5.41) is 10.5. The lowest BCUT2D eigenvalue weighted by molar-refractivity contribution is -0.165. The molecule has 0 radical (unpaired) electrons. The van der Waals surface area contributed by atoms with Crippen molar-refractivity contribution in [2.75, 3.05) is 19.6 Å². The number of alkyl halides is 3. The summed E-state index contributed by atoms with van der Waals surface area (Å²) in [7, 11) is 0. The van der Waals surface area contributed by atoms with Crippen molar-refractivity contribution >= 4 is 17.8 Å². The maximum atomic E-state index is 12.2. The van der Waals surface area contributed by atoms with E-state index < -0.39 is 43.6 Å². The highest BCUT2D eigenvalue weighted by Gasteiger charge is 2.34. The van der Waals surface area contributed by atoms with Crippen LogP contribution in [-0.2, 0) is 9.59 Å². The first-order valence-electron chi connectivity index (χ1n) is 5.57. The molecule has 0 spiro atoms. The van der Waals surface area contributed by atoms with Crippen molar-refractivity contribution in [3.63, 3.8) is 0 Å². The predicted molar refractivity (Wildman–Crippen MR) is 61.3 cm³/mol. The van der Waals surface area contributed by atoms with Gasteiger partial charge in [0.25, 0.3) is 5.91 Å². The zero-order chi connectivity index (χ0) is 16.0. The summed E-state index contributed by atoms with van der Waals surface area (Å²) in [6, 6.07) is 2.71. The van der Waals surface area contributed by atoms with E-state index >= 15 is 0 Å². The van der Waals surface area contributed by atoms with E-state index in [9.17, 15) is 27.6 Å². The molecule has 0 unspecified atom stereocenters. The highest BCUT2D eigenvalue weighted by Crippen LogP contribution is 2.16. The van der Waals surface area contributed by atoms with Crippen molar-refractivity contribution in [3.8, 4) is 0 Å². The number of aliphatic carboxylic acids is 1. The van der Waals surface area contributed by atoms with Gasteiger partial charge in [0.2, 0.25) is 5.91 Å². The van der Waals surface area contributed by atoms with Crippen LogP contribution in [0.4, 0.5) is 13.2 Å². The van der Waals surface area contributed by atoms with Crippen molar-refractivity contribution in [2.45, 2.75) is 6.18 Å². The van der Waals surface area contributed by atoms with E-state index in [1.165, 1.54) is 18.4 Å². The Morgan fingerprint density at radius 2 is 2.00 bits per heavy atom. The predicted octanol–water partition coefficient (Wildman–Crippen LogP) is 0.485. The van der Waals surface area contributed by atoms with Gasteiger partial charge in [0, 0.05) is 0 Å². The van der Waals surface area contributed by atoms with Crippen molar-refractivity contribution < 1.29 is 37.1 Å². The number of carbonyl (C=O) groups is 3. The standard InChI is InChI=1S/C11H11F3N2O5/c12-11(13,14)6-16(5-9(18)19)8(17)4-15-10(20)7-2-1-3-21-7/h1-3H,4-6H2,(H,15,20)(H,18,19). The van der Waals surface area contributed by atoms with Crippen molar-refractivity contribution in [2.24, 2.45) is 0 Å². The van der Waals surface area contributed by atoms with Crippen LogP contribution in [0.5, 0.6) is 0 Å². The SMILES string of the molecule is O=C(O)CN(CC(F)(F)F)C(=O)CNC(=O)c1ccco1. The third-order valence-corrected chi connectivity index (χ3v) is 2.19. The molecule has 0 saturated carbocycles. The molecular weight excluding hydrogens is 297 g/mol. The van der Waals surface area contributed by atoms with Gasteiger partial charge in [-0.25, -0.2) is 0 Å². The van der Waals surface area contributed by atoms with E-state index in [4.69, 9.17) is 9.52 Å². The molecule has 1 heterocycles. The Balaban J connectivity index is 2.59. The summed E-state index contributed by atoms with van der Waals surface area (Å²) in [5.41, 5.74) is 0. The first-order valence-corrected chi connectivity index (χ1v) is 5.57. The lowest BCUT2D eigenvalue weighted by Crippen LogP contribution is -2.46. The van der Waals surface area contributed by atoms with Gasteiger partial charge in [-0.05, 0) is 12.1 Å². The van der Waals surface area contributed by atoms with Gasteiger partial charge in [-0.2, -0.15) is 13.2 Å². The Morgan fingerprint density at radius 1 is 1.33 bits per heavy atom. The summed E-state index contributed by atoms with van der Waals surface area (Å²) in [6.07, 6.45) is -3.53. The van der Waals surface area contributed by atoms with Crippen LogP contribution in [0.25, 0.3) is 0 Å². The Labute approximate surface area is 116 Å². The van der Waals surface area contributed by atoms with Gasteiger partial charge in [-0.1, -0.05) is 0 Å². The monoisotopic (exact) mass is 308 g/mol. The molecule has 21 heavy (non-hydrogen) atoms. The first kappa shape index (κ1) is 16.5. The lowest BCUT2D eigenvalue weighted by atomic mass is 10.4. The fourth-order valence-corrected chi connectivity index (χ4v) is 1.37. The van der Waals surface area contributed by atoms with Crippen LogP contribution in [-0.4, -0.2) is 53.6 Å². The summed E-state index contributed by atoms with van der Waals surface area (Å²) in [6.45, 7) is -3.60. The van der Waals surface area contributed by atoms with Gasteiger partial charge in [0.05, 0.1) is 12.8 Å². The minimum Gasteiger partial charge on any atom is -0.480 e. The van der Waals surface area contributed by atoms with E-state index in [1.807, 2.05) is 5.32 Å². The topological polar surface area (TPSA) is 99.9 Å². The number of rotatable bonds is 6. The van der Waals surface area contributed by atoms with Crippen LogP contribution >= 0.6 is 0 Å². The Bertz CT molecular complexity index is 512. The largest absolute Gasteiger partial charge is 0.480 e. The molecular formula is C11H11F3N2O5. The second kappa shape index (κ2) is 6.77. The molecule has 0 aromatic carbocycles. The summed E-state index contributed by atoms with van der Waals surface area (Å²) < 4.78 is 41.5. The number of hydrogen-bond donors (Lipinski definition) is 2. The van der Waals surface area contributed by atoms with Crippen LogP contribution in [0.15, 0.2) is 22.8 Å². The number of carbonyl (C=O) groups excluding carboxylic acids is 2. The molecule has 0 bridgehead atoms. The smallest absolute Gasteiger partial charge is 0.406 e. The highest BCUT2D eigenvalue weighted by molar-refractivity contribution is 5.94. The quantitative estimate of drug-likeness (QED) is 0.796. The average Bonchev–Trinajstić information content (AvgIpc) is 2.86. The van der Waals surface area contributed by atoms with Crippen molar-refractivity contribution in [1.29, 1.82) is 0 Å². The molecule has 0 saturated heterocycles. The third-order valence-electron chi connectivity index (χ3n) is 2.19. The van der Waals surface area contributed by atoms with Crippen LogP contribution in [0.1, 0.15) is 10.6 Å². The number of nitrogens with one attached hydrogen (secondary N) is 1. The van der Waals surface area contributed by atoms with Gasteiger partial charge in [-0.15, -0.1) is 0 Å². The van der Waals surface area contributed by atoms with Gasteiger partial charge in [0.15, 0.2) is 5.76 Å². The Hall–Kier alpha value is -2.52. The van der Waals surface area contributed by atoms with E-state index in [0.717, 1.165) is 0 Å². The van der Waals surface area contributed by atoms with Crippen molar-refractivity contribution in [1.82, 2.24) is 10.2 Å². The number of nitrogens with zero attached hydrogens (tertiary/aromatic N) is 1. The molecule has 1 aromatic heterocycles. The maximum Gasteiger partial charge on any atom is 0.406 e. The second-order valence-corrected chi connectivity index (χ2v) is 3.92. The molecule has 0 aliphatic carbocycles. The number of hydrogen-bond acceptors (Lipinski definition) is 4. The molecule has 0 atom stereocenters. The molecule has 10 heteroatoms. The first-order chi connectivity index (χ1) is 9.69. The summed E-state index contributed by atoms with van der Waals surface area (Å²) >= 11 is 0. The van der Waals surface area contributed by atoms with Crippen LogP contribution in [0.3, 0.4) is 0 Å². The molecule has 1 aromatic rings. The molecule has 116 valence electrons.